The van der Waals surface area contributed by atoms with Crippen LogP contribution < -0.4 is 25.1 Å². The average Bonchev–Trinajstić information content (AvgIpc) is 3.35. The number of rotatable bonds is 7. The van der Waals surface area contributed by atoms with Crippen molar-refractivity contribution in [2.75, 3.05) is 13.9 Å². The summed E-state index contributed by atoms with van der Waals surface area (Å²) >= 11 is 0. The fraction of sp³-hybridized carbons (Fsp3) is 0.185. The van der Waals surface area contributed by atoms with Gasteiger partial charge in [0.1, 0.15) is 5.75 Å². The molecular formula is C27H25N3O5. The number of H-pyrrole nitrogens is 1. The summed E-state index contributed by atoms with van der Waals surface area (Å²) in [6, 6.07) is 22.2. The average molecular weight is 472 g/mol. The number of carbonyl (C=O) groups excluding carboxylic acids is 1. The number of hydrogen-bond donors (Lipinski definition) is 2. The number of nitrogens with zero attached hydrogens (tertiary/aromatic N) is 1. The van der Waals surface area contributed by atoms with E-state index in [4.69, 9.17) is 14.2 Å². The normalized spacial score (nSPS) is 11.9. The summed E-state index contributed by atoms with van der Waals surface area (Å²) in [7, 11) is 1.60. The predicted molar refractivity (Wildman–Crippen MR) is 132 cm³/mol. The number of nitrogens with one attached hydrogen (secondary N) is 2. The van der Waals surface area contributed by atoms with Gasteiger partial charge in [-0.25, -0.2) is 4.79 Å². The maximum atomic E-state index is 13.3. The first-order chi connectivity index (χ1) is 17.1. The molecule has 5 rings (SSSR count). The van der Waals surface area contributed by atoms with Gasteiger partial charge in [0, 0.05) is 29.6 Å². The van der Waals surface area contributed by atoms with Gasteiger partial charge in [-0.3, -0.25) is 4.79 Å². The van der Waals surface area contributed by atoms with Gasteiger partial charge >= 0.3 is 6.03 Å². The van der Waals surface area contributed by atoms with E-state index >= 15 is 0 Å². The van der Waals surface area contributed by atoms with Gasteiger partial charge in [-0.2, -0.15) is 0 Å². The molecule has 0 unspecified atom stereocenters. The van der Waals surface area contributed by atoms with Crippen LogP contribution >= 0.6 is 0 Å². The number of hydrogen-bond acceptors (Lipinski definition) is 5. The molecule has 0 atom stereocenters. The SMILES string of the molecule is COc1ccc2[nH]c(=O)c(CN(Cc3ccc4c(c3)OCO4)C(=O)NCc3ccccc3)cc2c1. The van der Waals surface area contributed by atoms with E-state index in [9.17, 15) is 9.59 Å². The van der Waals surface area contributed by atoms with E-state index in [-0.39, 0.29) is 31.5 Å². The number of pyridine rings is 1. The number of aromatic amines is 1. The Kier molecular flexibility index (Phi) is 6.26. The minimum Gasteiger partial charge on any atom is -0.497 e. The monoisotopic (exact) mass is 471 g/mol. The maximum Gasteiger partial charge on any atom is 0.318 e. The van der Waals surface area contributed by atoms with Crippen molar-refractivity contribution in [3.63, 3.8) is 0 Å². The Morgan fingerprint density at radius 1 is 0.971 bits per heavy atom. The Labute approximate surface area is 202 Å². The zero-order valence-corrected chi connectivity index (χ0v) is 19.2. The highest BCUT2D eigenvalue weighted by atomic mass is 16.7. The molecule has 0 spiro atoms. The fourth-order valence-corrected chi connectivity index (χ4v) is 4.02. The lowest BCUT2D eigenvalue weighted by Crippen LogP contribution is -2.39. The number of fused-ring (bicyclic) bond motifs is 2. The molecule has 178 valence electrons. The Balaban J connectivity index is 1.42. The van der Waals surface area contributed by atoms with E-state index in [1.165, 1.54) is 0 Å². The fourth-order valence-electron chi connectivity index (χ4n) is 4.02. The van der Waals surface area contributed by atoms with Gasteiger partial charge in [0.2, 0.25) is 6.79 Å². The molecule has 2 N–H and O–H groups in total. The molecule has 2 heterocycles. The Hall–Kier alpha value is -4.46. The van der Waals surface area contributed by atoms with E-state index in [2.05, 4.69) is 10.3 Å². The van der Waals surface area contributed by atoms with E-state index in [1.54, 1.807) is 30.2 Å². The second kappa shape index (κ2) is 9.80. The topological polar surface area (TPSA) is 92.9 Å². The molecule has 8 nitrogen and oxygen atoms in total. The highest BCUT2D eigenvalue weighted by molar-refractivity contribution is 5.81. The van der Waals surface area contributed by atoms with Gasteiger partial charge < -0.3 is 29.4 Å². The van der Waals surface area contributed by atoms with Crippen molar-refractivity contribution >= 4 is 16.9 Å². The van der Waals surface area contributed by atoms with Crippen LogP contribution in [0.25, 0.3) is 10.9 Å². The molecule has 35 heavy (non-hydrogen) atoms. The molecule has 0 bridgehead atoms. The van der Waals surface area contributed by atoms with Gasteiger partial charge in [0.15, 0.2) is 11.5 Å². The second-order valence-electron chi connectivity index (χ2n) is 8.26. The molecule has 3 aromatic carbocycles. The summed E-state index contributed by atoms with van der Waals surface area (Å²) in [6.07, 6.45) is 0. The highest BCUT2D eigenvalue weighted by Gasteiger charge is 2.19. The van der Waals surface area contributed by atoms with Crippen LogP contribution in [0.4, 0.5) is 4.79 Å². The summed E-state index contributed by atoms with van der Waals surface area (Å²) in [6.45, 7) is 0.961. The molecular weight excluding hydrogens is 446 g/mol. The van der Waals surface area contributed by atoms with E-state index < -0.39 is 0 Å². The van der Waals surface area contributed by atoms with Crippen molar-refractivity contribution in [2.45, 2.75) is 19.6 Å². The van der Waals surface area contributed by atoms with Gasteiger partial charge in [-0.15, -0.1) is 0 Å². The molecule has 4 aromatic rings. The largest absolute Gasteiger partial charge is 0.497 e. The van der Waals surface area contributed by atoms with E-state index in [0.717, 1.165) is 16.5 Å². The van der Waals surface area contributed by atoms with Gasteiger partial charge in [-0.1, -0.05) is 36.4 Å². The first-order valence-corrected chi connectivity index (χ1v) is 11.2. The Morgan fingerprint density at radius 3 is 2.63 bits per heavy atom. The van der Waals surface area contributed by atoms with Crippen molar-refractivity contribution in [3.05, 3.63) is 99.8 Å². The van der Waals surface area contributed by atoms with Crippen LogP contribution in [0.2, 0.25) is 0 Å². The third kappa shape index (κ3) is 5.06. The third-order valence-corrected chi connectivity index (χ3v) is 5.87. The number of aromatic nitrogens is 1. The van der Waals surface area contributed by atoms with Crippen molar-refractivity contribution in [1.29, 1.82) is 0 Å². The van der Waals surface area contributed by atoms with Gasteiger partial charge in [0.25, 0.3) is 5.56 Å². The zero-order valence-electron chi connectivity index (χ0n) is 19.2. The van der Waals surface area contributed by atoms with Crippen LogP contribution in [-0.4, -0.2) is 29.8 Å². The Morgan fingerprint density at radius 2 is 1.80 bits per heavy atom. The molecule has 0 saturated heterocycles. The lowest BCUT2D eigenvalue weighted by Gasteiger charge is -2.23. The Bertz CT molecular complexity index is 1420. The van der Waals surface area contributed by atoms with Crippen molar-refractivity contribution in [3.8, 4) is 17.2 Å². The number of urea groups is 1. The quantitative estimate of drug-likeness (QED) is 0.422. The first-order valence-electron chi connectivity index (χ1n) is 11.2. The van der Waals surface area contributed by atoms with Crippen molar-refractivity contribution in [1.82, 2.24) is 15.2 Å². The van der Waals surface area contributed by atoms with Crippen LogP contribution in [0.15, 0.2) is 77.6 Å². The molecule has 8 heteroatoms. The molecule has 0 saturated carbocycles. The lowest BCUT2D eigenvalue weighted by molar-refractivity contribution is 0.173. The van der Waals surface area contributed by atoms with Crippen LogP contribution in [0.3, 0.4) is 0 Å². The maximum absolute atomic E-state index is 13.3. The summed E-state index contributed by atoms with van der Waals surface area (Å²) in [5.74, 6) is 2.00. The van der Waals surface area contributed by atoms with Gasteiger partial charge in [0.05, 0.1) is 13.7 Å². The minimum absolute atomic E-state index is 0.123. The van der Waals surface area contributed by atoms with Crippen LogP contribution in [0, 0.1) is 0 Å². The molecule has 1 aliphatic heterocycles. The van der Waals surface area contributed by atoms with Crippen LogP contribution in [0.5, 0.6) is 17.2 Å². The number of amides is 2. The van der Waals surface area contributed by atoms with Crippen LogP contribution in [-0.2, 0) is 19.6 Å². The van der Waals surface area contributed by atoms with Crippen LogP contribution in [0.1, 0.15) is 16.7 Å². The molecule has 1 aliphatic rings. The third-order valence-electron chi connectivity index (χ3n) is 5.87. The molecule has 2 amide bonds. The molecule has 0 fully saturated rings. The molecule has 0 radical (unpaired) electrons. The van der Waals surface area contributed by atoms with E-state index in [0.29, 0.717) is 34.9 Å². The second-order valence-corrected chi connectivity index (χ2v) is 8.26. The zero-order chi connectivity index (χ0) is 24.2. The minimum atomic E-state index is -0.281. The summed E-state index contributed by atoms with van der Waals surface area (Å²) in [4.78, 5) is 30.6. The van der Waals surface area contributed by atoms with Crippen molar-refractivity contribution < 1.29 is 19.0 Å². The summed E-state index contributed by atoms with van der Waals surface area (Å²) in [5, 5.41) is 3.79. The highest BCUT2D eigenvalue weighted by Crippen LogP contribution is 2.33. The summed E-state index contributed by atoms with van der Waals surface area (Å²) < 4.78 is 16.2. The number of ether oxygens (including phenoxy) is 3. The molecule has 0 aliphatic carbocycles. The first kappa shape index (κ1) is 22.3. The molecule has 1 aromatic heterocycles. The lowest BCUT2D eigenvalue weighted by atomic mass is 10.1. The van der Waals surface area contributed by atoms with E-state index in [1.807, 2.05) is 54.6 Å². The van der Waals surface area contributed by atoms with Crippen molar-refractivity contribution in [2.24, 2.45) is 0 Å². The number of methoxy groups -OCH3 is 1. The number of benzene rings is 3. The van der Waals surface area contributed by atoms with Gasteiger partial charge in [-0.05, 0) is 47.5 Å². The predicted octanol–water partition coefficient (Wildman–Crippen LogP) is 4.18. The summed E-state index contributed by atoms with van der Waals surface area (Å²) in [5.41, 5.74) is 2.79. The number of carbonyl (C=O) groups is 1. The standard InChI is InChI=1S/C27H25N3O5/c1-33-22-8-9-23-20(13-22)12-21(26(31)29-23)16-30(27(32)28-14-18-5-3-2-4-6-18)15-19-7-10-24-25(11-19)35-17-34-24/h2-13H,14-17H2,1H3,(H,28,32)(H,29,31). The smallest absolute Gasteiger partial charge is 0.318 e.